The zero-order valence-electron chi connectivity index (χ0n) is 11.4. The SMILES string of the molecule is COc1ccc(Br)cc1S(=O)(=O)Nc1ccc(O)cc1C. The van der Waals surface area contributed by atoms with E-state index in [4.69, 9.17) is 4.74 Å². The third-order valence-corrected chi connectivity index (χ3v) is 4.75. The summed E-state index contributed by atoms with van der Waals surface area (Å²) in [5.41, 5.74) is 1.02. The average molecular weight is 372 g/mol. The molecule has 0 spiro atoms. The van der Waals surface area contributed by atoms with E-state index in [9.17, 15) is 13.5 Å². The van der Waals surface area contributed by atoms with Gasteiger partial charge in [-0.2, -0.15) is 0 Å². The Bertz CT molecular complexity index is 775. The van der Waals surface area contributed by atoms with Gasteiger partial charge in [-0.15, -0.1) is 0 Å². The van der Waals surface area contributed by atoms with Crippen LogP contribution in [-0.4, -0.2) is 20.6 Å². The number of nitrogens with one attached hydrogen (secondary N) is 1. The topological polar surface area (TPSA) is 75.6 Å². The van der Waals surface area contributed by atoms with Crippen LogP contribution in [0.5, 0.6) is 11.5 Å². The second-order valence-corrected chi connectivity index (χ2v) is 6.97. The molecule has 7 heteroatoms. The first-order valence-corrected chi connectivity index (χ1v) is 8.27. The summed E-state index contributed by atoms with van der Waals surface area (Å²) in [5.74, 6) is 0.331. The molecule has 0 bridgehead atoms. The van der Waals surface area contributed by atoms with Crippen molar-refractivity contribution in [2.75, 3.05) is 11.8 Å². The van der Waals surface area contributed by atoms with Crippen molar-refractivity contribution in [3.63, 3.8) is 0 Å². The van der Waals surface area contributed by atoms with Crippen molar-refractivity contribution in [3.8, 4) is 11.5 Å². The van der Waals surface area contributed by atoms with Crippen LogP contribution in [0.4, 0.5) is 5.69 Å². The predicted octanol–water partition coefficient (Wildman–Crippen LogP) is 3.27. The van der Waals surface area contributed by atoms with Crippen LogP contribution in [0.1, 0.15) is 5.56 Å². The monoisotopic (exact) mass is 371 g/mol. The number of phenolic OH excluding ortho intramolecular Hbond substituents is 1. The number of methoxy groups -OCH3 is 1. The van der Waals surface area contributed by atoms with Crippen molar-refractivity contribution in [2.24, 2.45) is 0 Å². The summed E-state index contributed by atoms with van der Waals surface area (Å²) < 4.78 is 33.2. The summed E-state index contributed by atoms with van der Waals surface area (Å²) in [6.07, 6.45) is 0. The van der Waals surface area contributed by atoms with Gasteiger partial charge in [0.2, 0.25) is 0 Å². The fraction of sp³-hybridized carbons (Fsp3) is 0.143. The maximum absolute atomic E-state index is 12.5. The number of aromatic hydroxyl groups is 1. The lowest BCUT2D eigenvalue weighted by Crippen LogP contribution is -2.14. The summed E-state index contributed by atoms with van der Waals surface area (Å²) >= 11 is 3.25. The van der Waals surface area contributed by atoms with Crippen molar-refractivity contribution < 1.29 is 18.3 Å². The highest BCUT2D eigenvalue weighted by Crippen LogP contribution is 2.30. The third kappa shape index (κ3) is 3.48. The molecule has 5 nitrogen and oxygen atoms in total. The number of rotatable bonds is 4. The Hall–Kier alpha value is -1.73. The van der Waals surface area contributed by atoms with Crippen molar-refractivity contribution in [3.05, 3.63) is 46.4 Å². The molecule has 2 N–H and O–H groups in total. The summed E-state index contributed by atoms with van der Waals surface area (Å²) in [6, 6.07) is 9.15. The highest BCUT2D eigenvalue weighted by molar-refractivity contribution is 9.10. The molecule has 112 valence electrons. The maximum Gasteiger partial charge on any atom is 0.265 e. The smallest absolute Gasteiger partial charge is 0.265 e. The number of sulfonamides is 1. The molecule has 0 saturated heterocycles. The molecule has 0 aliphatic rings. The van der Waals surface area contributed by atoms with E-state index in [2.05, 4.69) is 20.7 Å². The largest absolute Gasteiger partial charge is 0.508 e. The van der Waals surface area contributed by atoms with Crippen molar-refractivity contribution in [1.29, 1.82) is 0 Å². The van der Waals surface area contributed by atoms with Crippen LogP contribution in [0.15, 0.2) is 45.8 Å². The Kier molecular flexibility index (Phi) is 4.43. The number of ether oxygens (including phenoxy) is 1. The predicted molar refractivity (Wildman–Crippen MR) is 84.3 cm³/mol. The van der Waals surface area contributed by atoms with Crippen LogP contribution < -0.4 is 9.46 Å². The molecule has 2 rings (SSSR count). The van der Waals surface area contributed by atoms with Gasteiger partial charge in [0.15, 0.2) is 0 Å². The van der Waals surface area contributed by atoms with Crippen LogP contribution in [0.3, 0.4) is 0 Å². The van der Waals surface area contributed by atoms with Gasteiger partial charge >= 0.3 is 0 Å². The number of benzene rings is 2. The molecular weight excluding hydrogens is 358 g/mol. The standard InChI is InChI=1S/C14H14BrNO4S/c1-9-7-11(17)4-5-12(9)16-21(18,19)14-8-10(15)3-6-13(14)20-2/h3-8,16-17H,1-2H3. The normalized spacial score (nSPS) is 11.2. The first-order valence-electron chi connectivity index (χ1n) is 5.99. The zero-order valence-corrected chi connectivity index (χ0v) is 13.8. The molecule has 0 aliphatic heterocycles. The van der Waals surface area contributed by atoms with E-state index in [1.54, 1.807) is 19.1 Å². The Labute approximate surface area is 131 Å². The molecule has 0 aromatic heterocycles. The van der Waals surface area contributed by atoms with E-state index >= 15 is 0 Å². The molecule has 21 heavy (non-hydrogen) atoms. The molecule has 0 amide bonds. The van der Waals surface area contributed by atoms with E-state index < -0.39 is 10.0 Å². The van der Waals surface area contributed by atoms with E-state index in [-0.39, 0.29) is 16.4 Å². The van der Waals surface area contributed by atoms with Crippen LogP contribution in [0.2, 0.25) is 0 Å². The van der Waals surface area contributed by atoms with E-state index in [0.29, 0.717) is 15.7 Å². The average Bonchev–Trinajstić information content (AvgIpc) is 2.42. The molecule has 0 heterocycles. The number of aryl methyl sites for hydroxylation is 1. The van der Waals surface area contributed by atoms with E-state index in [1.807, 2.05) is 0 Å². The van der Waals surface area contributed by atoms with Crippen LogP contribution in [0.25, 0.3) is 0 Å². The highest BCUT2D eigenvalue weighted by Gasteiger charge is 2.20. The second-order valence-electron chi connectivity index (χ2n) is 4.40. The lowest BCUT2D eigenvalue weighted by Gasteiger charge is -2.13. The number of halogens is 1. The third-order valence-electron chi connectivity index (χ3n) is 2.87. The fourth-order valence-corrected chi connectivity index (χ4v) is 3.66. The van der Waals surface area contributed by atoms with Gasteiger partial charge in [0.05, 0.1) is 12.8 Å². The first-order chi connectivity index (χ1) is 9.83. The van der Waals surface area contributed by atoms with Crippen molar-refractivity contribution >= 4 is 31.6 Å². The van der Waals surface area contributed by atoms with E-state index in [1.165, 1.54) is 31.4 Å². The Morgan fingerprint density at radius 2 is 1.90 bits per heavy atom. The summed E-state index contributed by atoms with van der Waals surface area (Å²) in [6.45, 7) is 1.70. The van der Waals surface area contributed by atoms with Gasteiger partial charge < -0.3 is 9.84 Å². The van der Waals surface area contributed by atoms with Crippen molar-refractivity contribution in [1.82, 2.24) is 0 Å². The first kappa shape index (κ1) is 15.7. The molecule has 0 radical (unpaired) electrons. The Morgan fingerprint density at radius 3 is 2.52 bits per heavy atom. The van der Waals surface area contributed by atoms with Gasteiger partial charge in [-0.25, -0.2) is 8.42 Å². The van der Waals surface area contributed by atoms with Crippen molar-refractivity contribution in [2.45, 2.75) is 11.8 Å². The second kappa shape index (κ2) is 5.95. The molecule has 0 saturated carbocycles. The number of anilines is 1. The molecule has 0 fully saturated rings. The van der Waals surface area contributed by atoms with Crippen LogP contribution >= 0.6 is 15.9 Å². The summed E-state index contributed by atoms with van der Waals surface area (Å²) in [7, 11) is -2.39. The zero-order chi connectivity index (χ0) is 15.6. The fourth-order valence-electron chi connectivity index (χ4n) is 1.82. The highest BCUT2D eigenvalue weighted by atomic mass is 79.9. The van der Waals surface area contributed by atoms with Gasteiger partial charge in [0.1, 0.15) is 16.4 Å². The van der Waals surface area contributed by atoms with Crippen LogP contribution in [-0.2, 0) is 10.0 Å². The quantitative estimate of drug-likeness (QED) is 0.808. The lowest BCUT2D eigenvalue weighted by molar-refractivity contribution is 0.403. The van der Waals surface area contributed by atoms with Gasteiger partial charge in [-0.3, -0.25) is 4.72 Å². The molecule has 2 aromatic carbocycles. The Balaban J connectivity index is 2.45. The number of hydrogen-bond acceptors (Lipinski definition) is 4. The van der Waals surface area contributed by atoms with Crippen LogP contribution in [0, 0.1) is 6.92 Å². The van der Waals surface area contributed by atoms with Gasteiger partial charge in [-0.05, 0) is 48.9 Å². The minimum absolute atomic E-state index is 0.0341. The summed E-state index contributed by atoms with van der Waals surface area (Å²) in [4.78, 5) is 0.0341. The molecule has 0 aliphatic carbocycles. The van der Waals surface area contributed by atoms with Gasteiger partial charge in [0.25, 0.3) is 10.0 Å². The number of phenols is 1. The molecule has 0 unspecified atom stereocenters. The lowest BCUT2D eigenvalue weighted by atomic mass is 10.2. The molecule has 2 aromatic rings. The minimum Gasteiger partial charge on any atom is -0.508 e. The summed E-state index contributed by atoms with van der Waals surface area (Å²) in [5, 5.41) is 9.37. The van der Waals surface area contributed by atoms with E-state index in [0.717, 1.165) is 0 Å². The number of hydrogen-bond donors (Lipinski definition) is 2. The molecular formula is C14H14BrNO4S. The Morgan fingerprint density at radius 1 is 1.19 bits per heavy atom. The van der Waals surface area contributed by atoms with Gasteiger partial charge in [0, 0.05) is 4.47 Å². The molecule has 0 atom stereocenters. The van der Waals surface area contributed by atoms with Gasteiger partial charge in [-0.1, -0.05) is 15.9 Å². The minimum atomic E-state index is -3.80. The maximum atomic E-state index is 12.5.